The number of hydrogen-bond donors (Lipinski definition) is 1. The molecule has 1 aliphatic rings. The molecule has 0 saturated carbocycles. The third-order valence-electron chi connectivity index (χ3n) is 5.11. The summed E-state index contributed by atoms with van der Waals surface area (Å²) >= 11 is 3.41. The van der Waals surface area contributed by atoms with Crippen molar-refractivity contribution in [2.45, 2.75) is 13.0 Å². The summed E-state index contributed by atoms with van der Waals surface area (Å²) in [6.45, 7) is 2.93. The first-order chi connectivity index (χ1) is 14.2. The summed E-state index contributed by atoms with van der Waals surface area (Å²) in [5.41, 5.74) is 2.34. The fourth-order valence-electron chi connectivity index (χ4n) is 3.57. The van der Waals surface area contributed by atoms with Gasteiger partial charge in [0, 0.05) is 18.7 Å². The van der Waals surface area contributed by atoms with Crippen LogP contribution in [-0.2, 0) is 9.59 Å². The van der Waals surface area contributed by atoms with E-state index in [-0.39, 0.29) is 11.3 Å². The molecule has 30 heavy (non-hydrogen) atoms. The van der Waals surface area contributed by atoms with Crippen molar-refractivity contribution in [1.29, 1.82) is 0 Å². The number of likely N-dealkylation sites (N-methyl/N-ethyl adjacent to an activating group) is 1. The Labute approximate surface area is 184 Å². The van der Waals surface area contributed by atoms with Crippen molar-refractivity contribution in [3.63, 3.8) is 0 Å². The average molecular weight is 473 g/mol. The molecule has 1 amide bonds. The number of aliphatic hydroxyl groups excluding tert-OH is 1. The monoisotopic (exact) mass is 472 g/mol. The summed E-state index contributed by atoms with van der Waals surface area (Å²) in [6.07, 6.45) is 0. The highest BCUT2D eigenvalue weighted by Crippen LogP contribution is 2.40. The minimum atomic E-state index is -0.676. The molecule has 6 nitrogen and oxygen atoms in total. The lowest BCUT2D eigenvalue weighted by molar-refractivity contribution is -0.140. The van der Waals surface area contributed by atoms with E-state index in [1.165, 1.54) is 0 Å². The van der Waals surface area contributed by atoms with E-state index in [0.29, 0.717) is 28.9 Å². The molecule has 0 spiro atoms. The van der Waals surface area contributed by atoms with Gasteiger partial charge in [0.25, 0.3) is 11.7 Å². The fraction of sp³-hybridized carbons (Fsp3) is 0.304. The number of benzene rings is 2. The third kappa shape index (κ3) is 4.27. The van der Waals surface area contributed by atoms with Gasteiger partial charge in [0.15, 0.2) is 0 Å². The minimum Gasteiger partial charge on any atom is -0.507 e. The Morgan fingerprint density at radius 2 is 1.93 bits per heavy atom. The molecular formula is C23H25BrN2O4. The summed E-state index contributed by atoms with van der Waals surface area (Å²) in [6, 6.07) is 12.1. The Morgan fingerprint density at radius 3 is 2.53 bits per heavy atom. The van der Waals surface area contributed by atoms with Gasteiger partial charge in [-0.15, -0.1) is 0 Å². The Bertz CT molecular complexity index is 1020. The molecule has 0 radical (unpaired) electrons. The molecule has 0 aromatic heterocycles. The van der Waals surface area contributed by atoms with Gasteiger partial charge < -0.3 is 19.6 Å². The summed E-state index contributed by atoms with van der Waals surface area (Å²) < 4.78 is 5.88. The minimum absolute atomic E-state index is 0.0985. The lowest BCUT2D eigenvalue weighted by Gasteiger charge is -2.26. The van der Waals surface area contributed by atoms with Crippen LogP contribution in [0.1, 0.15) is 22.7 Å². The molecule has 7 heteroatoms. The van der Waals surface area contributed by atoms with Crippen LogP contribution >= 0.6 is 15.9 Å². The zero-order valence-corrected chi connectivity index (χ0v) is 19.1. The lowest BCUT2D eigenvalue weighted by atomic mass is 9.94. The summed E-state index contributed by atoms with van der Waals surface area (Å²) in [4.78, 5) is 29.4. The number of aliphatic hydroxyl groups is 1. The maximum Gasteiger partial charge on any atom is 0.295 e. The van der Waals surface area contributed by atoms with Gasteiger partial charge in [-0.2, -0.15) is 0 Å². The first-order valence-corrected chi connectivity index (χ1v) is 10.4. The van der Waals surface area contributed by atoms with Crippen LogP contribution in [0.15, 0.2) is 52.5 Å². The Balaban J connectivity index is 2.16. The van der Waals surface area contributed by atoms with Crippen molar-refractivity contribution in [3.8, 4) is 5.75 Å². The summed E-state index contributed by atoms with van der Waals surface area (Å²) in [5.74, 6) is -0.869. The molecule has 1 heterocycles. The van der Waals surface area contributed by atoms with Crippen molar-refractivity contribution in [2.75, 3.05) is 34.3 Å². The molecule has 1 saturated heterocycles. The number of ketones is 1. The van der Waals surface area contributed by atoms with Crippen LogP contribution < -0.4 is 4.74 Å². The number of aryl methyl sites for hydroxylation is 1. The average Bonchev–Trinajstić information content (AvgIpc) is 2.96. The van der Waals surface area contributed by atoms with Crippen LogP contribution in [-0.4, -0.2) is 60.9 Å². The summed E-state index contributed by atoms with van der Waals surface area (Å²) in [5, 5.41) is 11.1. The predicted molar refractivity (Wildman–Crippen MR) is 119 cm³/mol. The topological polar surface area (TPSA) is 70.1 Å². The highest BCUT2D eigenvalue weighted by Gasteiger charge is 2.45. The molecule has 3 rings (SSSR count). The second-order valence-corrected chi connectivity index (χ2v) is 8.41. The van der Waals surface area contributed by atoms with Gasteiger partial charge in [-0.05, 0) is 60.7 Å². The van der Waals surface area contributed by atoms with E-state index in [2.05, 4.69) is 15.9 Å². The highest BCUT2D eigenvalue weighted by molar-refractivity contribution is 9.10. The molecule has 1 N–H and O–H groups in total. The molecule has 0 bridgehead atoms. The van der Waals surface area contributed by atoms with Gasteiger partial charge in [-0.25, -0.2) is 0 Å². The first kappa shape index (κ1) is 22.1. The molecule has 2 aromatic rings. The predicted octanol–water partition coefficient (Wildman–Crippen LogP) is 3.75. The highest BCUT2D eigenvalue weighted by atomic mass is 79.9. The zero-order valence-electron chi connectivity index (χ0n) is 17.5. The Kier molecular flexibility index (Phi) is 6.63. The van der Waals surface area contributed by atoms with Crippen molar-refractivity contribution < 1.29 is 19.4 Å². The quantitative estimate of drug-likeness (QED) is 0.393. The number of ether oxygens (including phenoxy) is 1. The number of hydrogen-bond acceptors (Lipinski definition) is 5. The SMILES string of the molecule is COc1ccc(/C(O)=C2/C(=O)C(=O)N(CCN(C)C)C2c2cccc(C)c2)cc1Br. The third-order valence-corrected chi connectivity index (χ3v) is 5.73. The van der Waals surface area contributed by atoms with E-state index in [1.54, 1.807) is 30.2 Å². The largest absolute Gasteiger partial charge is 0.507 e. The van der Waals surface area contributed by atoms with Gasteiger partial charge in [0.05, 0.1) is 23.2 Å². The van der Waals surface area contributed by atoms with Gasteiger partial charge in [-0.3, -0.25) is 9.59 Å². The van der Waals surface area contributed by atoms with E-state index in [1.807, 2.05) is 50.2 Å². The van der Waals surface area contributed by atoms with E-state index >= 15 is 0 Å². The maximum absolute atomic E-state index is 13.0. The van der Waals surface area contributed by atoms with Crippen LogP contribution in [0.5, 0.6) is 5.75 Å². The Hall–Kier alpha value is -2.64. The van der Waals surface area contributed by atoms with Crippen LogP contribution in [0.2, 0.25) is 0 Å². The van der Waals surface area contributed by atoms with Crippen LogP contribution in [0.3, 0.4) is 0 Å². The smallest absolute Gasteiger partial charge is 0.295 e. The molecule has 1 aliphatic heterocycles. The molecule has 158 valence electrons. The second-order valence-electron chi connectivity index (χ2n) is 7.56. The number of amides is 1. The number of Topliss-reactive ketones (excluding diaryl/α,β-unsaturated/α-hetero) is 1. The molecule has 1 unspecified atom stereocenters. The summed E-state index contributed by atoms with van der Waals surface area (Å²) in [7, 11) is 5.37. The van der Waals surface area contributed by atoms with Crippen molar-refractivity contribution >= 4 is 33.4 Å². The first-order valence-electron chi connectivity index (χ1n) is 9.58. The number of carbonyl (C=O) groups is 2. The number of nitrogens with zero attached hydrogens (tertiary/aromatic N) is 2. The standard InChI is InChI=1S/C23H25BrN2O4/c1-14-6-5-7-15(12-14)20-19(22(28)23(29)26(20)11-10-25(2)3)21(27)16-8-9-18(30-4)17(24)13-16/h5-9,12-13,20,27H,10-11H2,1-4H3/b21-19-. The van der Waals surface area contributed by atoms with Gasteiger partial charge in [0.2, 0.25) is 0 Å². The molecule has 2 aromatic carbocycles. The van der Waals surface area contributed by atoms with Gasteiger partial charge in [0.1, 0.15) is 11.5 Å². The zero-order chi connectivity index (χ0) is 22.0. The normalized spacial score (nSPS) is 18.3. The number of carbonyl (C=O) groups excluding carboxylic acids is 2. The molecule has 1 fully saturated rings. The van der Waals surface area contributed by atoms with E-state index < -0.39 is 17.7 Å². The van der Waals surface area contributed by atoms with Crippen LogP contribution in [0.4, 0.5) is 0 Å². The lowest BCUT2D eigenvalue weighted by Crippen LogP contribution is -2.35. The van der Waals surface area contributed by atoms with Gasteiger partial charge in [-0.1, -0.05) is 29.8 Å². The maximum atomic E-state index is 13.0. The van der Waals surface area contributed by atoms with Crippen LogP contribution in [0, 0.1) is 6.92 Å². The van der Waals surface area contributed by atoms with Gasteiger partial charge >= 0.3 is 0 Å². The number of likely N-dealkylation sites (tertiary alicyclic amines) is 1. The van der Waals surface area contributed by atoms with Crippen molar-refractivity contribution in [1.82, 2.24) is 9.80 Å². The van der Waals surface area contributed by atoms with E-state index in [0.717, 1.165) is 11.1 Å². The van der Waals surface area contributed by atoms with E-state index in [9.17, 15) is 14.7 Å². The van der Waals surface area contributed by atoms with Crippen molar-refractivity contribution in [3.05, 3.63) is 69.2 Å². The van der Waals surface area contributed by atoms with Crippen LogP contribution in [0.25, 0.3) is 5.76 Å². The number of methoxy groups -OCH3 is 1. The molecule has 0 aliphatic carbocycles. The van der Waals surface area contributed by atoms with E-state index in [4.69, 9.17) is 4.74 Å². The molecular weight excluding hydrogens is 448 g/mol. The Morgan fingerprint density at radius 1 is 1.20 bits per heavy atom. The number of halogens is 1. The number of rotatable bonds is 6. The van der Waals surface area contributed by atoms with Crippen molar-refractivity contribution in [2.24, 2.45) is 0 Å². The molecule has 1 atom stereocenters. The fourth-order valence-corrected chi connectivity index (χ4v) is 4.11. The second kappa shape index (κ2) is 9.02.